The lowest BCUT2D eigenvalue weighted by molar-refractivity contribution is 0.0667. The van der Waals surface area contributed by atoms with E-state index in [1.165, 1.54) is 10.9 Å². The van der Waals surface area contributed by atoms with Crippen LogP contribution in [0.25, 0.3) is 10.9 Å². The highest BCUT2D eigenvalue weighted by Gasteiger charge is 2.25. The molecule has 0 N–H and O–H groups in total. The highest BCUT2D eigenvalue weighted by Crippen LogP contribution is 2.25. The topological polar surface area (TPSA) is 59.0 Å². The number of hydrogen-bond donors (Lipinski definition) is 0. The second-order valence-corrected chi connectivity index (χ2v) is 6.94. The lowest BCUT2D eigenvalue weighted by Crippen LogP contribution is -2.41. The normalized spacial score (nSPS) is 17.4. The Kier molecular flexibility index (Phi) is 4.61. The minimum absolute atomic E-state index is 0.0137. The number of piperidine rings is 1. The summed E-state index contributed by atoms with van der Waals surface area (Å²) >= 11 is 0. The number of rotatable bonds is 3. The number of carbonyl (C=O) groups excluding carboxylic acids is 1. The maximum absolute atomic E-state index is 12.8. The van der Waals surface area contributed by atoms with Crippen molar-refractivity contribution in [3.8, 4) is 0 Å². The molecule has 26 heavy (non-hydrogen) atoms. The summed E-state index contributed by atoms with van der Waals surface area (Å²) in [5.74, 6) is 1.11. The lowest BCUT2D eigenvalue weighted by Gasteiger charge is -2.33. The van der Waals surface area contributed by atoms with Crippen LogP contribution >= 0.6 is 0 Å². The summed E-state index contributed by atoms with van der Waals surface area (Å²) in [7, 11) is 0. The zero-order valence-electron chi connectivity index (χ0n) is 14.9. The third-order valence-electron chi connectivity index (χ3n) is 5.05. The molecule has 3 heterocycles. The first-order valence-corrected chi connectivity index (χ1v) is 9.12. The fraction of sp³-hybridized carbons (Fsp3) is 0.333. The van der Waals surface area contributed by atoms with Gasteiger partial charge in [-0.15, -0.1) is 0 Å². The van der Waals surface area contributed by atoms with Crippen molar-refractivity contribution in [3.63, 3.8) is 0 Å². The smallest absolute Gasteiger partial charge is 0.272 e. The molecule has 0 aliphatic carbocycles. The molecular weight excluding hydrogens is 324 g/mol. The van der Waals surface area contributed by atoms with Gasteiger partial charge in [-0.05, 0) is 55.9 Å². The molecule has 1 aliphatic heterocycles. The molecule has 132 valence electrons. The summed E-state index contributed by atoms with van der Waals surface area (Å²) in [6.07, 6.45) is 6.68. The summed E-state index contributed by atoms with van der Waals surface area (Å²) in [6, 6.07) is 12.1. The van der Waals surface area contributed by atoms with Crippen LogP contribution in [0.2, 0.25) is 0 Å². The standard InChI is InChI=1S/C21H22N4O/c1-15-22-11-9-20(24-15)21(26)25-12-4-5-16(14-25)13-17-8-10-23-19-7-3-2-6-18(17)19/h2-3,6-11,16H,4-5,12-14H2,1H3. The maximum Gasteiger partial charge on any atom is 0.272 e. The molecule has 1 unspecified atom stereocenters. The second kappa shape index (κ2) is 7.20. The number of carbonyl (C=O) groups is 1. The van der Waals surface area contributed by atoms with Gasteiger partial charge in [0.2, 0.25) is 0 Å². The molecule has 3 aromatic rings. The van der Waals surface area contributed by atoms with Gasteiger partial charge in [0.05, 0.1) is 5.52 Å². The lowest BCUT2D eigenvalue weighted by atomic mass is 9.90. The monoisotopic (exact) mass is 346 g/mol. The Hall–Kier alpha value is -2.82. The average Bonchev–Trinajstić information content (AvgIpc) is 2.68. The largest absolute Gasteiger partial charge is 0.337 e. The van der Waals surface area contributed by atoms with E-state index in [1.807, 2.05) is 30.2 Å². The number of aromatic nitrogens is 3. The first kappa shape index (κ1) is 16.6. The Morgan fingerprint density at radius 3 is 2.88 bits per heavy atom. The van der Waals surface area contributed by atoms with E-state index in [0.717, 1.165) is 37.9 Å². The van der Waals surface area contributed by atoms with Crippen LogP contribution in [0.1, 0.15) is 34.7 Å². The highest BCUT2D eigenvalue weighted by atomic mass is 16.2. The molecule has 0 bridgehead atoms. The first-order chi connectivity index (χ1) is 12.7. The van der Waals surface area contributed by atoms with Crippen molar-refractivity contribution in [1.82, 2.24) is 19.9 Å². The van der Waals surface area contributed by atoms with Gasteiger partial charge >= 0.3 is 0 Å². The molecule has 0 saturated carbocycles. The van der Waals surface area contributed by atoms with Crippen LogP contribution in [0.3, 0.4) is 0 Å². The molecule has 1 fully saturated rings. The number of aryl methyl sites for hydroxylation is 1. The predicted molar refractivity (Wildman–Crippen MR) is 101 cm³/mol. The average molecular weight is 346 g/mol. The number of benzene rings is 1. The van der Waals surface area contributed by atoms with E-state index in [2.05, 4.69) is 33.2 Å². The molecule has 0 radical (unpaired) electrons. The van der Waals surface area contributed by atoms with Gasteiger partial charge in [0.15, 0.2) is 0 Å². The Balaban J connectivity index is 1.51. The van der Waals surface area contributed by atoms with Gasteiger partial charge in [-0.3, -0.25) is 9.78 Å². The summed E-state index contributed by atoms with van der Waals surface area (Å²) < 4.78 is 0. The number of nitrogens with zero attached hydrogens (tertiary/aromatic N) is 4. The zero-order chi connectivity index (χ0) is 17.9. The van der Waals surface area contributed by atoms with Crippen molar-refractivity contribution in [1.29, 1.82) is 0 Å². The van der Waals surface area contributed by atoms with Crippen molar-refractivity contribution in [2.45, 2.75) is 26.2 Å². The van der Waals surface area contributed by atoms with E-state index in [1.54, 1.807) is 12.3 Å². The Morgan fingerprint density at radius 2 is 2.00 bits per heavy atom. The Bertz CT molecular complexity index is 935. The quantitative estimate of drug-likeness (QED) is 0.729. The van der Waals surface area contributed by atoms with E-state index in [4.69, 9.17) is 0 Å². The van der Waals surface area contributed by atoms with Crippen LogP contribution < -0.4 is 0 Å². The predicted octanol–water partition coefficient (Wildman–Crippen LogP) is 3.43. The molecule has 0 spiro atoms. The molecule has 5 nitrogen and oxygen atoms in total. The number of para-hydroxylation sites is 1. The van der Waals surface area contributed by atoms with Crippen LogP contribution in [-0.4, -0.2) is 38.8 Å². The van der Waals surface area contributed by atoms with E-state index in [9.17, 15) is 4.79 Å². The number of pyridine rings is 1. The summed E-state index contributed by atoms with van der Waals surface area (Å²) in [6.45, 7) is 3.39. The number of amides is 1. The van der Waals surface area contributed by atoms with Gasteiger partial charge in [-0.2, -0.15) is 0 Å². The van der Waals surface area contributed by atoms with Crippen molar-refractivity contribution >= 4 is 16.8 Å². The van der Waals surface area contributed by atoms with Crippen molar-refractivity contribution in [2.75, 3.05) is 13.1 Å². The fourth-order valence-corrected chi connectivity index (χ4v) is 3.80. The summed E-state index contributed by atoms with van der Waals surface area (Å²) in [5, 5.41) is 1.21. The highest BCUT2D eigenvalue weighted by molar-refractivity contribution is 5.92. The number of hydrogen-bond acceptors (Lipinski definition) is 4. The van der Waals surface area contributed by atoms with Crippen LogP contribution in [0.5, 0.6) is 0 Å². The van der Waals surface area contributed by atoms with E-state index in [-0.39, 0.29) is 5.91 Å². The van der Waals surface area contributed by atoms with Crippen LogP contribution in [0.15, 0.2) is 48.8 Å². The van der Waals surface area contributed by atoms with Gasteiger partial charge in [0.1, 0.15) is 11.5 Å². The van der Waals surface area contributed by atoms with Crippen LogP contribution in [0, 0.1) is 12.8 Å². The molecule has 2 aromatic heterocycles. The molecule has 1 saturated heterocycles. The molecule has 5 heteroatoms. The third-order valence-corrected chi connectivity index (χ3v) is 5.05. The number of fused-ring (bicyclic) bond motifs is 1. The van der Waals surface area contributed by atoms with E-state index >= 15 is 0 Å². The minimum Gasteiger partial charge on any atom is -0.337 e. The van der Waals surface area contributed by atoms with Gasteiger partial charge in [-0.1, -0.05) is 18.2 Å². The number of likely N-dealkylation sites (tertiary alicyclic amines) is 1. The van der Waals surface area contributed by atoms with Gasteiger partial charge in [-0.25, -0.2) is 9.97 Å². The zero-order valence-corrected chi connectivity index (χ0v) is 14.9. The minimum atomic E-state index is 0.0137. The van der Waals surface area contributed by atoms with Crippen molar-refractivity contribution in [2.24, 2.45) is 5.92 Å². The first-order valence-electron chi connectivity index (χ1n) is 9.12. The Morgan fingerprint density at radius 1 is 1.15 bits per heavy atom. The summed E-state index contributed by atoms with van der Waals surface area (Å²) in [4.78, 5) is 27.5. The second-order valence-electron chi connectivity index (χ2n) is 6.94. The van der Waals surface area contributed by atoms with Crippen LogP contribution in [0.4, 0.5) is 0 Å². The molecule has 1 aromatic carbocycles. The van der Waals surface area contributed by atoms with Gasteiger partial charge < -0.3 is 4.90 Å². The molecule has 1 aliphatic rings. The van der Waals surface area contributed by atoms with Gasteiger partial charge in [0.25, 0.3) is 5.91 Å². The van der Waals surface area contributed by atoms with E-state index in [0.29, 0.717) is 17.4 Å². The molecule has 1 atom stereocenters. The maximum atomic E-state index is 12.8. The molecule has 4 rings (SSSR count). The SMILES string of the molecule is Cc1nccc(C(=O)N2CCCC(Cc3ccnc4ccccc34)C2)n1. The third kappa shape index (κ3) is 3.43. The van der Waals surface area contributed by atoms with E-state index < -0.39 is 0 Å². The van der Waals surface area contributed by atoms with Gasteiger partial charge in [0, 0.05) is 30.9 Å². The Labute approximate surface area is 153 Å². The molecule has 1 amide bonds. The van der Waals surface area contributed by atoms with Crippen LogP contribution in [-0.2, 0) is 6.42 Å². The van der Waals surface area contributed by atoms with Crippen molar-refractivity contribution < 1.29 is 4.79 Å². The van der Waals surface area contributed by atoms with Crippen molar-refractivity contribution in [3.05, 3.63) is 65.9 Å². The molecular formula is C21H22N4O. The fourth-order valence-electron chi connectivity index (χ4n) is 3.80. The summed E-state index contributed by atoms with van der Waals surface area (Å²) in [5.41, 5.74) is 2.84.